The molecule has 2 aromatic heterocycles. The van der Waals surface area contributed by atoms with E-state index in [0.717, 1.165) is 15.0 Å². The standard InChI is InChI=1S/C19H18N4O4S/c1-10-7-8-28-16(10)12-9-11(21-22-12)15-17(24)20-19(26)23(18(15)25)13-5-3-4-6-14(13)27-2/h3-8,12,22,25H,9H2,1-2H3,(H,20,24,26). The van der Waals surface area contributed by atoms with Crippen molar-refractivity contribution < 1.29 is 9.84 Å². The smallest absolute Gasteiger partial charge is 0.335 e. The fourth-order valence-electron chi connectivity index (χ4n) is 3.31. The second-order valence-corrected chi connectivity index (χ2v) is 7.33. The Bertz CT molecular complexity index is 1190. The second kappa shape index (κ2) is 7.01. The van der Waals surface area contributed by atoms with Crippen LogP contribution in [-0.2, 0) is 0 Å². The number of hydrogen-bond acceptors (Lipinski definition) is 7. The molecule has 1 aliphatic heterocycles. The molecule has 0 aliphatic carbocycles. The van der Waals surface area contributed by atoms with E-state index < -0.39 is 17.1 Å². The molecule has 3 aromatic rings. The number of nitrogens with one attached hydrogen (secondary N) is 2. The lowest BCUT2D eigenvalue weighted by atomic mass is 10.0. The Kier molecular flexibility index (Phi) is 4.52. The summed E-state index contributed by atoms with van der Waals surface area (Å²) in [7, 11) is 1.46. The van der Waals surface area contributed by atoms with Gasteiger partial charge in [0.2, 0.25) is 5.88 Å². The molecule has 3 N–H and O–H groups in total. The van der Waals surface area contributed by atoms with Crippen LogP contribution >= 0.6 is 11.3 Å². The number of nitrogens with zero attached hydrogens (tertiary/aromatic N) is 2. The molecule has 0 spiro atoms. The Balaban J connectivity index is 1.80. The van der Waals surface area contributed by atoms with Crippen molar-refractivity contribution in [1.29, 1.82) is 0 Å². The van der Waals surface area contributed by atoms with Gasteiger partial charge in [-0.1, -0.05) is 12.1 Å². The van der Waals surface area contributed by atoms with Crippen molar-refractivity contribution in [2.45, 2.75) is 19.4 Å². The maximum atomic E-state index is 12.5. The summed E-state index contributed by atoms with van der Waals surface area (Å²) < 4.78 is 6.30. The highest BCUT2D eigenvalue weighted by molar-refractivity contribution is 7.10. The summed E-state index contributed by atoms with van der Waals surface area (Å²) >= 11 is 1.60. The van der Waals surface area contributed by atoms with E-state index in [4.69, 9.17) is 4.74 Å². The van der Waals surface area contributed by atoms with Crippen molar-refractivity contribution >= 4 is 17.0 Å². The number of ether oxygens (including phenoxy) is 1. The van der Waals surface area contributed by atoms with Crippen molar-refractivity contribution in [2.75, 3.05) is 7.11 Å². The molecule has 0 radical (unpaired) electrons. The first-order chi connectivity index (χ1) is 13.5. The zero-order chi connectivity index (χ0) is 19.8. The Morgan fingerprint density at radius 2 is 2.07 bits per heavy atom. The number of aromatic amines is 1. The number of hydrogen-bond donors (Lipinski definition) is 3. The molecule has 4 rings (SSSR count). The molecule has 3 heterocycles. The molecule has 9 heteroatoms. The van der Waals surface area contributed by atoms with Crippen molar-refractivity contribution in [2.24, 2.45) is 5.10 Å². The van der Waals surface area contributed by atoms with Crippen LogP contribution in [0.4, 0.5) is 0 Å². The van der Waals surface area contributed by atoms with E-state index in [1.807, 2.05) is 18.4 Å². The summed E-state index contributed by atoms with van der Waals surface area (Å²) in [5.41, 5.74) is 3.40. The molecule has 28 heavy (non-hydrogen) atoms. The van der Waals surface area contributed by atoms with Gasteiger partial charge >= 0.3 is 5.69 Å². The van der Waals surface area contributed by atoms with Crippen LogP contribution < -0.4 is 21.4 Å². The number of methoxy groups -OCH3 is 1. The van der Waals surface area contributed by atoms with Crippen LogP contribution in [0.2, 0.25) is 0 Å². The van der Waals surface area contributed by atoms with Gasteiger partial charge < -0.3 is 15.3 Å². The third kappa shape index (κ3) is 2.89. The normalized spacial score (nSPS) is 15.9. The molecule has 0 saturated heterocycles. The number of H-pyrrole nitrogens is 1. The van der Waals surface area contributed by atoms with Gasteiger partial charge in [-0.15, -0.1) is 11.3 Å². The van der Waals surface area contributed by atoms with Crippen molar-refractivity contribution in [3.05, 3.63) is 72.6 Å². The van der Waals surface area contributed by atoms with Crippen LogP contribution in [0.15, 0.2) is 50.4 Å². The fraction of sp³-hybridized carbons (Fsp3) is 0.211. The topological polar surface area (TPSA) is 109 Å². The first-order valence-electron chi connectivity index (χ1n) is 8.59. The third-order valence-electron chi connectivity index (χ3n) is 4.67. The molecule has 0 saturated carbocycles. The maximum Gasteiger partial charge on any atom is 0.335 e. The maximum absolute atomic E-state index is 12.5. The number of benzene rings is 1. The molecule has 0 fully saturated rings. The highest BCUT2D eigenvalue weighted by Gasteiger charge is 2.29. The van der Waals surface area contributed by atoms with Gasteiger partial charge in [-0.05, 0) is 36.1 Å². The Morgan fingerprint density at radius 3 is 2.79 bits per heavy atom. The number of thiophene rings is 1. The Labute approximate surface area is 163 Å². The minimum atomic E-state index is -0.757. The van der Waals surface area contributed by atoms with Gasteiger partial charge in [0.15, 0.2) is 0 Å². The Morgan fingerprint density at radius 1 is 1.29 bits per heavy atom. The number of para-hydroxylation sites is 2. The molecule has 8 nitrogen and oxygen atoms in total. The van der Waals surface area contributed by atoms with Gasteiger partial charge in [0.1, 0.15) is 11.3 Å². The zero-order valence-electron chi connectivity index (χ0n) is 15.2. The van der Waals surface area contributed by atoms with E-state index in [1.54, 1.807) is 35.6 Å². The number of aryl methyl sites for hydroxylation is 1. The minimum Gasteiger partial charge on any atom is -0.495 e. The molecule has 1 unspecified atom stereocenters. The quantitative estimate of drug-likeness (QED) is 0.623. The van der Waals surface area contributed by atoms with E-state index in [0.29, 0.717) is 23.6 Å². The summed E-state index contributed by atoms with van der Waals surface area (Å²) in [4.78, 5) is 28.3. The van der Waals surface area contributed by atoms with Crippen LogP contribution in [-0.4, -0.2) is 27.5 Å². The lowest BCUT2D eigenvalue weighted by Gasteiger charge is -2.14. The van der Waals surface area contributed by atoms with Crippen LogP contribution in [0.5, 0.6) is 11.6 Å². The molecule has 1 atom stereocenters. The van der Waals surface area contributed by atoms with Crippen molar-refractivity contribution in [3.63, 3.8) is 0 Å². The number of rotatable bonds is 4. The summed E-state index contributed by atoms with van der Waals surface area (Å²) in [5, 5.41) is 17.1. The van der Waals surface area contributed by atoms with Crippen molar-refractivity contribution in [1.82, 2.24) is 15.0 Å². The molecule has 144 valence electrons. The lowest BCUT2D eigenvalue weighted by molar-refractivity contribution is 0.401. The SMILES string of the molecule is COc1ccccc1-n1c(O)c(C2=NNC(c3sccc3C)C2)c(=O)[nH]c1=O. The van der Waals surface area contributed by atoms with E-state index in [-0.39, 0.29) is 11.6 Å². The van der Waals surface area contributed by atoms with E-state index in [2.05, 4.69) is 15.5 Å². The fourth-order valence-corrected chi connectivity index (χ4v) is 4.29. The largest absolute Gasteiger partial charge is 0.495 e. The van der Waals surface area contributed by atoms with Gasteiger partial charge in [-0.3, -0.25) is 9.78 Å². The summed E-state index contributed by atoms with van der Waals surface area (Å²) in [6.45, 7) is 2.01. The summed E-state index contributed by atoms with van der Waals surface area (Å²) in [5.74, 6) is -0.0844. The summed E-state index contributed by atoms with van der Waals surface area (Å²) in [6.07, 6.45) is 0.419. The molecule has 0 bridgehead atoms. The molecular weight excluding hydrogens is 380 g/mol. The van der Waals surface area contributed by atoms with E-state index >= 15 is 0 Å². The van der Waals surface area contributed by atoms with Crippen LogP contribution in [0, 0.1) is 6.92 Å². The van der Waals surface area contributed by atoms with Gasteiger partial charge in [-0.25, -0.2) is 9.36 Å². The average Bonchev–Trinajstić information content (AvgIpc) is 3.30. The predicted molar refractivity (Wildman–Crippen MR) is 107 cm³/mol. The predicted octanol–water partition coefficient (Wildman–Crippen LogP) is 2.05. The van der Waals surface area contributed by atoms with Gasteiger partial charge in [-0.2, -0.15) is 5.10 Å². The molecule has 1 aromatic carbocycles. The number of aromatic hydroxyl groups is 1. The van der Waals surface area contributed by atoms with E-state index in [1.165, 1.54) is 7.11 Å². The van der Waals surface area contributed by atoms with Gasteiger partial charge in [0.25, 0.3) is 5.56 Å². The third-order valence-corrected chi connectivity index (χ3v) is 5.80. The monoisotopic (exact) mass is 398 g/mol. The van der Waals surface area contributed by atoms with E-state index in [9.17, 15) is 14.7 Å². The summed E-state index contributed by atoms with van der Waals surface area (Å²) in [6, 6.07) is 8.67. The van der Waals surface area contributed by atoms with Crippen LogP contribution in [0.3, 0.4) is 0 Å². The average molecular weight is 398 g/mol. The molecule has 1 aliphatic rings. The van der Waals surface area contributed by atoms with Crippen molar-refractivity contribution in [3.8, 4) is 17.3 Å². The number of aromatic nitrogens is 2. The number of hydrazone groups is 1. The van der Waals surface area contributed by atoms with Gasteiger partial charge in [0, 0.05) is 11.3 Å². The minimum absolute atomic E-state index is 0.0327. The van der Waals surface area contributed by atoms with Gasteiger partial charge in [0.05, 0.1) is 24.6 Å². The highest BCUT2D eigenvalue weighted by atomic mass is 32.1. The lowest BCUT2D eigenvalue weighted by Crippen LogP contribution is -2.33. The molecule has 0 amide bonds. The first-order valence-corrected chi connectivity index (χ1v) is 9.47. The zero-order valence-corrected chi connectivity index (χ0v) is 16.0. The Hall–Kier alpha value is -3.33. The highest BCUT2D eigenvalue weighted by Crippen LogP contribution is 2.32. The van der Waals surface area contributed by atoms with Crippen LogP contribution in [0.1, 0.15) is 28.5 Å². The second-order valence-electron chi connectivity index (χ2n) is 6.38. The van der Waals surface area contributed by atoms with Crippen LogP contribution in [0.25, 0.3) is 5.69 Å². The molecular formula is C19H18N4O4S. The first kappa shape index (κ1) is 18.1.